The molecule has 2 aromatic rings. The lowest BCUT2D eigenvalue weighted by Gasteiger charge is -2.12. The van der Waals surface area contributed by atoms with Crippen LogP contribution in [0.15, 0.2) is 54.6 Å². The molecule has 3 heteroatoms. The van der Waals surface area contributed by atoms with Crippen molar-refractivity contribution in [2.75, 3.05) is 24.3 Å². The Balaban J connectivity index is 1.96. The number of benzene rings is 2. The van der Waals surface area contributed by atoms with E-state index in [-0.39, 0.29) is 5.91 Å². The second-order valence-electron chi connectivity index (χ2n) is 5.17. The van der Waals surface area contributed by atoms with Crippen LogP contribution in [-0.4, -0.2) is 20.0 Å². The summed E-state index contributed by atoms with van der Waals surface area (Å²) in [5, 5.41) is 2.85. The topological polar surface area (TPSA) is 32.3 Å². The lowest BCUT2D eigenvalue weighted by molar-refractivity contribution is -0.111. The molecule has 0 saturated heterocycles. The fourth-order valence-corrected chi connectivity index (χ4v) is 1.88. The Morgan fingerprint density at radius 2 is 1.62 bits per heavy atom. The number of hydrogen-bond donors (Lipinski definition) is 1. The average Bonchev–Trinajstić information content (AvgIpc) is 2.47. The standard InChI is InChI=1S/C18H20N2O/c1-14-4-6-15(7-5-14)8-13-18(21)19-16-9-11-17(12-10-16)20(2)3/h4-13H,1-3H3,(H,19,21)/b13-8+. The van der Waals surface area contributed by atoms with Crippen molar-refractivity contribution in [3.63, 3.8) is 0 Å². The Bertz CT molecular complexity index is 625. The molecule has 2 rings (SSSR count). The molecule has 3 nitrogen and oxygen atoms in total. The van der Waals surface area contributed by atoms with E-state index >= 15 is 0 Å². The van der Waals surface area contributed by atoms with Crippen LogP contribution < -0.4 is 10.2 Å². The highest BCUT2D eigenvalue weighted by atomic mass is 16.1. The van der Waals surface area contributed by atoms with Crippen LogP contribution in [0.5, 0.6) is 0 Å². The molecule has 1 N–H and O–H groups in total. The first kappa shape index (κ1) is 14.9. The van der Waals surface area contributed by atoms with Gasteiger partial charge in [-0.3, -0.25) is 4.79 Å². The second kappa shape index (κ2) is 6.75. The van der Waals surface area contributed by atoms with E-state index in [1.807, 2.05) is 80.5 Å². The Hall–Kier alpha value is -2.55. The van der Waals surface area contributed by atoms with Gasteiger partial charge in [-0.05, 0) is 42.8 Å². The number of anilines is 2. The minimum Gasteiger partial charge on any atom is -0.378 e. The van der Waals surface area contributed by atoms with Crippen molar-refractivity contribution in [1.29, 1.82) is 0 Å². The smallest absolute Gasteiger partial charge is 0.248 e. The third-order valence-electron chi connectivity index (χ3n) is 3.16. The van der Waals surface area contributed by atoms with Gasteiger partial charge in [0.05, 0.1) is 0 Å². The lowest BCUT2D eigenvalue weighted by Crippen LogP contribution is -2.10. The number of amides is 1. The SMILES string of the molecule is Cc1ccc(/C=C/C(=O)Nc2ccc(N(C)C)cc2)cc1. The van der Waals surface area contributed by atoms with E-state index in [0.29, 0.717) is 0 Å². The molecule has 0 atom stereocenters. The predicted molar refractivity (Wildman–Crippen MR) is 89.6 cm³/mol. The van der Waals surface area contributed by atoms with Crippen LogP contribution in [0.1, 0.15) is 11.1 Å². The average molecular weight is 280 g/mol. The summed E-state index contributed by atoms with van der Waals surface area (Å²) in [5.74, 6) is -0.131. The van der Waals surface area contributed by atoms with Crippen molar-refractivity contribution >= 4 is 23.4 Å². The van der Waals surface area contributed by atoms with Crippen LogP contribution in [0.4, 0.5) is 11.4 Å². The molecular weight excluding hydrogens is 260 g/mol. The van der Waals surface area contributed by atoms with Gasteiger partial charge in [-0.25, -0.2) is 0 Å². The largest absolute Gasteiger partial charge is 0.378 e. The van der Waals surface area contributed by atoms with Gasteiger partial charge in [-0.1, -0.05) is 29.8 Å². The van der Waals surface area contributed by atoms with Gasteiger partial charge in [-0.15, -0.1) is 0 Å². The van der Waals surface area contributed by atoms with E-state index in [1.54, 1.807) is 6.08 Å². The molecule has 0 spiro atoms. The zero-order valence-corrected chi connectivity index (χ0v) is 12.6. The van der Waals surface area contributed by atoms with Crippen molar-refractivity contribution in [2.45, 2.75) is 6.92 Å². The summed E-state index contributed by atoms with van der Waals surface area (Å²) in [6.07, 6.45) is 3.35. The molecule has 0 unspecified atom stereocenters. The van der Waals surface area contributed by atoms with Gasteiger partial charge in [-0.2, -0.15) is 0 Å². The van der Waals surface area contributed by atoms with Crippen LogP contribution in [-0.2, 0) is 4.79 Å². The van der Waals surface area contributed by atoms with E-state index < -0.39 is 0 Å². The van der Waals surface area contributed by atoms with Gasteiger partial charge in [0, 0.05) is 31.5 Å². The van der Waals surface area contributed by atoms with Gasteiger partial charge in [0.1, 0.15) is 0 Å². The zero-order chi connectivity index (χ0) is 15.2. The summed E-state index contributed by atoms with van der Waals surface area (Å²) in [5.41, 5.74) is 4.11. The van der Waals surface area contributed by atoms with Gasteiger partial charge in [0.2, 0.25) is 5.91 Å². The first-order valence-electron chi connectivity index (χ1n) is 6.88. The molecule has 0 aliphatic rings. The van der Waals surface area contributed by atoms with Crippen LogP contribution in [0.3, 0.4) is 0 Å². The number of carbonyl (C=O) groups is 1. The van der Waals surface area contributed by atoms with E-state index in [4.69, 9.17) is 0 Å². The molecule has 0 saturated carbocycles. The number of rotatable bonds is 4. The Labute approximate surface area is 125 Å². The van der Waals surface area contributed by atoms with Gasteiger partial charge in [0.25, 0.3) is 0 Å². The fraction of sp³-hybridized carbons (Fsp3) is 0.167. The maximum absolute atomic E-state index is 11.9. The first-order chi connectivity index (χ1) is 10.0. The van der Waals surface area contributed by atoms with Crippen LogP contribution in [0.25, 0.3) is 6.08 Å². The van der Waals surface area contributed by atoms with Crippen molar-refractivity contribution in [2.24, 2.45) is 0 Å². The van der Waals surface area contributed by atoms with E-state index in [1.165, 1.54) is 5.56 Å². The molecule has 0 radical (unpaired) electrons. The molecule has 0 aliphatic carbocycles. The van der Waals surface area contributed by atoms with Crippen LogP contribution in [0.2, 0.25) is 0 Å². The number of hydrogen-bond acceptors (Lipinski definition) is 2. The normalized spacial score (nSPS) is 10.6. The summed E-state index contributed by atoms with van der Waals surface area (Å²) in [6, 6.07) is 15.8. The molecule has 1 amide bonds. The van der Waals surface area contributed by atoms with E-state index in [9.17, 15) is 4.79 Å². The lowest BCUT2D eigenvalue weighted by atomic mass is 10.1. The van der Waals surface area contributed by atoms with Crippen molar-refractivity contribution < 1.29 is 4.79 Å². The molecule has 0 aromatic heterocycles. The highest BCUT2D eigenvalue weighted by Crippen LogP contribution is 2.15. The minimum atomic E-state index is -0.131. The molecule has 2 aromatic carbocycles. The molecular formula is C18H20N2O. The van der Waals surface area contributed by atoms with Crippen LogP contribution in [0, 0.1) is 6.92 Å². The highest BCUT2D eigenvalue weighted by Gasteiger charge is 1.99. The fourth-order valence-electron chi connectivity index (χ4n) is 1.88. The van der Waals surface area contributed by atoms with E-state index in [2.05, 4.69) is 5.32 Å². The van der Waals surface area contributed by atoms with Gasteiger partial charge in [0.15, 0.2) is 0 Å². The summed E-state index contributed by atoms with van der Waals surface area (Å²) < 4.78 is 0. The monoisotopic (exact) mass is 280 g/mol. The van der Waals surface area contributed by atoms with Crippen LogP contribution >= 0.6 is 0 Å². The zero-order valence-electron chi connectivity index (χ0n) is 12.6. The minimum absolute atomic E-state index is 0.131. The molecule has 0 heterocycles. The molecule has 108 valence electrons. The Kier molecular flexibility index (Phi) is 4.77. The summed E-state index contributed by atoms with van der Waals surface area (Å²) in [6.45, 7) is 2.04. The van der Waals surface area contributed by atoms with E-state index in [0.717, 1.165) is 16.9 Å². The Morgan fingerprint density at radius 3 is 2.19 bits per heavy atom. The number of aryl methyl sites for hydroxylation is 1. The predicted octanol–water partition coefficient (Wildman–Crippen LogP) is 3.71. The van der Waals surface area contributed by atoms with Crippen molar-refractivity contribution in [3.8, 4) is 0 Å². The number of nitrogens with zero attached hydrogens (tertiary/aromatic N) is 1. The highest BCUT2D eigenvalue weighted by molar-refractivity contribution is 6.02. The van der Waals surface area contributed by atoms with Crippen molar-refractivity contribution in [3.05, 3.63) is 65.7 Å². The molecule has 21 heavy (non-hydrogen) atoms. The maximum Gasteiger partial charge on any atom is 0.248 e. The van der Waals surface area contributed by atoms with Gasteiger partial charge < -0.3 is 10.2 Å². The third-order valence-corrected chi connectivity index (χ3v) is 3.16. The van der Waals surface area contributed by atoms with Crippen molar-refractivity contribution in [1.82, 2.24) is 0 Å². The molecule has 0 fully saturated rings. The van der Waals surface area contributed by atoms with Gasteiger partial charge >= 0.3 is 0 Å². The number of nitrogens with one attached hydrogen (secondary N) is 1. The third kappa shape index (κ3) is 4.49. The second-order valence-corrected chi connectivity index (χ2v) is 5.17. The summed E-state index contributed by atoms with van der Waals surface area (Å²) in [7, 11) is 3.97. The molecule has 0 bridgehead atoms. The summed E-state index contributed by atoms with van der Waals surface area (Å²) >= 11 is 0. The number of carbonyl (C=O) groups excluding carboxylic acids is 1. The Morgan fingerprint density at radius 1 is 1.00 bits per heavy atom. The first-order valence-corrected chi connectivity index (χ1v) is 6.88. The quantitative estimate of drug-likeness (QED) is 0.866. The maximum atomic E-state index is 11.9. The summed E-state index contributed by atoms with van der Waals surface area (Å²) in [4.78, 5) is 13.9. The molecule has 0 aliphatic heterocycles.